The average Bonchev–Trinajstić information content (AvgIpc) is 3.18. The minimum Gasteiger partial charge on any atom is -0.320 e. The highest BCUT2D eigenvalue weighted by Crippen LogP contribution is 2.31. The molecule has 1 heterocycles. The van der Waals surface area contributed by atoms with Crippen LogP contribution in [0.2, 0.25) is 0 Å². The molecule has 0 saturated heterocycles. The minimum absolute atomic E-state index is 0. The van der Waals surface area contributed by atoms with E-state index in [-0.39, 0.29) is 18.3 Å². The molecule has 0 unspecified atom stereocenters. The molecule has 2 aromatic rings. The largest absolute Gasteiger partial charge is 0.320 e. The topological polar surface area (TPSA) is 72.9 Å². The molecule has 1 aliphatic rings. The number of hydrogen-bond acceptors (Lipinski definition) is 3. The quantitative estimate of drug-likeness (QED) is 0.883. The second-order valence-corrected chi connectivity index (χ2v) is 5.88. The summed E-state index contributed by atoms with van der Waals surface area (Å²) in [5.41, 5.74) is 7.09. The molecule has 5 nitrogen and oxygen atoms in total. The Morgan fingerprint density at radius 3 is 2.65 bits per heavy atom. The Balaban J connectivity index is 0.00000192. The van der Waals surface area contributed by atoms with E-state index in [1.807, 2.05) is 41.1 Å². The van der Waals surface area contributed by atoms with Crippen molar-refractivity contribution in [3.8, 4) is 0 Å². The maximum Gasteiger partial charge on any atom is 0.242 e. The number of aromatic nitrogens is 2. The van der Waals surface area contributed by atoms with E-state index in [1.54, 1.807) is 6.20 Å². The van der Waals surface area contributed by atoms with E-state index >= 15 is 0 Å². The summed E-state index contributed by atoms with van der Waals surface area (Å²) < 4.78 is 1.93. The average molecular weight is 335 g/mol. The lowest BCUT2D eigenvalue weighted by Gasteiger charge is -2.16. The SMILES string of the molecule is Cl.N[C@H](Cc1ccccc1)C(=O)Nc1ccnn1C1CCCC1. The second kappa shape index (κ2) is 8.13. The number of nitrogens with one attached hydrogen (secondary N) is 1. The minimum atomic E-state index is -0.561. The molecular formula is C17H23ClN4O. The summed E-state index contributed by atoms with van der Waals surface area (Å²) in [4.78, 5) is 12.3. The highest BCUT2D eigenvalue weighted by Gasteiger charge is 2.22. The van der Waals surface area contributed by atoms with Crippen LogP contribution >= 0.6 is 12.4 Å². The van der Waals surface area contributed by atoms with Gasteiger partial charge in [0.15, 0.2) is 0 Å². The molecule has 0 bridgehead atoms. The Morgan fingerprint density at radius 1 is 1.26 bits per heavy atom. The van der Waals surface area contributed by atoms with Gasteiger partial charge in [0.05, 0.1) is 18.3 Å². The van der Waals surface area contributed by atoms with Gasteiger partial charge in [0.1, 0.15) is 5.82 Å². The molecule has 1 fully saturated rings. The van der Waals surface area contributed by atoms with Crippen molar-refractivity contribution in [1.29, 1.82) is 0 Å². The van der Waals surface area contributed by atoms with Gasteiger partial charge in [-0.25, -0.2) is 4.68 Å². The lowest BCUT2D eigenvalue weighted by molar-refractivity contribution is -0.117. The molecule has 0 radical (unpaired) electrons. The first-order chi connectivity index (χ1) is 10.7. The molecule has 3 rings (SSSR count). The fraction of sp³-hybridized carbons (Fsp3) is 0.412. The van der Waals surface area contributed by atoms with Gasteiger partial charge in [-0.2, -0.15) is 5.10 Å². The predicted octanol–water partition coefficient (Wildman–Crippen LogP) is 2.93. The third-order valence-electron chi connectivity index (χ3n) is 4.23. The summed E-state index contributed by atoms with van der Waals surface area (Å²) in [6.07, 6.45) is 6.97. The summed E-state index contributed by atoms with van der Waals surface area (Å²) in [5.74, 6) is 0.587. The van der Waals surface area contributed by atoms with Crippen LogP contribution in [0.15, 0.2) is 42.6 Å². The van der Waals surface area contributed by atoms with Gasteiger partial charge in [-0.1, -0.05) is 43.2 Å². The highest BCUT2D eigenvalue weighted by atomic mass is 35.5. The first-order valence-corrected chi connectivity index (χ1v) is 7.88. The molecule has 23 heavy (non-hydrogen) atoms. The summed E-state index contributed by atoms with van der Waals surface area (Å²) in [6, 6.07) is 11.5. The third-order valence-corrected chi connectivity index (χ3v) is 4.23. The van der Waals surface area contributed by atoms with Gasteiger partial charge >= 0.3 is 0 Å². The van der Waals surface area contributed by atoms with Crippen molar-refractivity contribution in [2.24, 2.45) is 5.73 Å². The van der Waals surface area contributed by atoms with Gasteiger partial charge in [0.25, 0.3) is 0 Å². The summed E-state index contributed by atoms with van der Waals surface area (Å²) >= 11 is 0. The molecule has 1 atom stereocenters. The van der Waals surface area contributed by atoms with Crippen molar-refractivity contribution in [2.75, 3.05) is 5.32 Å². The number of nitrogens with two attached hydrogens (primary N) is 1. The Bertz CT molecular complexity index is 623. The number of benzene rings is 1. The third kappa shape index (κ3) is 4.33. The number of rotatable bonds is 5. The highest BCUT2D eigenvalue weighted by molar-refractivity contribution is 5.94. The standard InChI is InChI=1S/C17H22N4O.ClH/c18-15(12-13-6-2-1-3-7-13)17(22)20-16-10-11-19-21(16)14-8-4-5-9-14;/h1-3,6-7,10-11,14-15H,4-5,8-9,12,18H2,(H,20,22);1H/t15-;/m1./s1. The molecule has 124 valence electrons. The van der Waals surface area contributed by atoms with Crippen molar-refractivity contribution in [3.05, 3.63) is 48.2 Å². The number of carbonyl (C=O) groups is 1. The molecule has 1 saturated carbocycles. The van der Waals surface area contributed by atoms with Crippen molar-refractivity contribution < 1.29 is 4.79 Å². The molecule has 0 spiro atoms. The summed E-state index contributed by atoms with van der Waals surface area (Å²) in [7, 11) is 0. The van der Waals surface area contributed by atoms with Gasteiger partial charge in [0.2, 0.25) is 5.91 Å². The van der Waals surface area contributed by atoms with Crippen LogP contribution in [0, 0.1) is 0 Å². The van der Waals surface area contributed by atoms with E-state index in [4.69, 9.17) is 5.73 Å². The summed E-state index contributed by atoms with van der Waals surface area (Å²) in [6.45, 7) is 0. The Kier molecular flexibility index (Phi) is 6.19. The van der Waals surface area contributed by atoms with Crippen molar-refractivity contribution in [1.82, 2.24) is 9.78 Å². The lowest BCUT2D eigenvalue weighted by atomic mass is 10.1. The summed E-state index contributed by atoms with van der Waals surface area (Å²) in [5, 5.41) is 7.28. The fourth-order valence-electron chi connectivity index (χ4n) is 3.03. The van der Waals surface area contributed by atoms with E-state index < -0.39 is 6.04 Å². The van der Waals surface area contributed by atoms with E-state index in [1.165, 1.54) is 12.8 Å². The first-order valence-electron chi connectivity index (χ1n) is 7.88. The van der Waals surface area contributed by atoms with Crippen LogP contribution in [0.1, 0.15) is 37.3 Å². The normalized spacial score (nSPS) is 15.9. The van der Waals surface area contributed by atoms with Crippen LogP contribution in [-0.2, 0) is 11.2 Å². The smallest absolute Gasteiger partial charge is 0.242 e. The zero-order valence-electron chi connectivity index (χ0n) is 13.0. The van der Waals surface area contributed by atoms with Crippen LogP contribution < -0.4 is 11.1 Å². The van der Waals surface area contributed by atoms with Gasteiger partial charge < -0.3 is 11.1 Å². The van der Waals surface area contributed by atoms with E-state index in [0.29, 0.717) is 12.5 Å². The van der Waals surface area contributed by atoms with Crippen LogP contribution in [-0.4, -0.2) is 21.7 Å². The zero-order chi connectivity index (χ0) is 15.4. The lowest BCUT2D eigenvalue weighted by Crippen LogP contribution is -2.38. The van der Waals surface area contributed by atoms with Crippen molar-refractivity contribution in [2.45, 2.75) is 44.2 Å². The Morgan fingerprint density at radius 2 is 1.96 bits per heavy atom. The first kappa shape index (κ1) is 17.5. The van der Waals surface area contributed by atoms with Crippen molar-refractivity contribution >= 4 is 24.1 Å². The molecule has 6 heteroatoms. The second-order valence-electron chi connectivity index (χ2n) is 5.88. The van der Waals surface area contributed by atoms with E-state index in [2.05, 4.69) is 10.4 Å². The number of carbonyl (C=O) groups excluding carboxylic acids is 1. The van der Waals surface area contributed by atoms with Crippen LogP contribution in [0.5, 0.6) is 0 Å². The van der Waals surface area contributed by atoms with Gasteiger partial charge in [-0.05, 0) is 24.8 Å². The monoisotopic (exact) mass is 334 g/mol. The Hall–Kier alpha value is -1.85. The number of anilines is 1. The van der Waals surface area contributed by atoms with Gasteiger partial charge in [0, 0.05) is 6.07 Å². The van der Waals surface area contributed by atoms with E-state index in [0.717, 1.165) is 24.2 Å². The van der Waals surface area contributed by atoms with Gasteiger partial charge in [-0.3, -0.25) is 4.79 Å². The van der Waals surface area contributed by atoms with E-state index in [9.17, 15) is 4.79 Å². The van der Waals surface area contributed by atoms with Crippen LogP contribution in [0.4, 0.5) is 5.82 Å². The number of nitrogens with zero attached hydrogens (tertiary/aromatic N) is 2. The Labute approximate surface area is 142 Å². The number of hydrogen-bond donors (Lipinski definition) is 2. The predicted molar refractivity (Wildman–Crippen MR) is 93.7 cm³/mol. The van der Waals surface area contributed by atoms with Crippen molar-refractivity contribution in [3.63, 3.8) is 0 Å². The molecule has 3 N–H and O–H groups in total. The fourth-order valence-corrected chi connectivity index (χ4v) is 3.03. The molecule has 1 aromatic heterocycles. The maximum absolute atomic E-state index is 12.3. The molecule has 1 aromatic carbocycles. The molecule has 1 aliphatic carbocycles. The molecule has 1 amide bonds. The van der Waals surface area contributed by atoms with Crippen LogP contribution in [0.3, 0.4) is 0 Å². The van der Waals surface area contributed by atoms with Crippen LogP contribution in [0.25, 0.3) is 0 Å². The zero-order valence-corrected chi connectivity index (χ0v) is 13.8. The number of halogens is 1. The van der Waals surface area contributed by atoms with Gasteiger partial charge in [-0.15, -0.1) is 12.4 Å². The number of amides is 1. The molecular weight excluding hydrogens is 312 g/mol. The molecule has 0 aliphatic heterocycles. The maximum atomic E-state index is 12.3.